The van der Waals surface area contributed by atoms with Crippen molar-refractivity contribution in [2.24, 2.45) is 0 Å². The van der Waals surface area contributed by atoms with Crippen molar-refractivity contribution in [3.8, 4) is 0 Å². The Kier molecular flexibility index (Phi) is 5.32. The third-order valence-electron chi connectivity index (χ3n) is 4.53. The zero-order valence-electron chi connectivity index (χ0n) is 13.4. The molecule has 0 unspecified atom stereocenters. The van der Waals surface area contributed by atoms with Gasteiger partial charge in [0.2, 0.25) is 0 Å². The largest absolute Gasteiger partial charge is 0.358 e. The van der Waals surface area contributed by atoms with E-state index in [-0.39, 0.29) is 6.29 Å². The van der Waals surface area contributed by atoms with Gasteiger partial charge in [-0.1, -0.05) is 31.2 Å². The third kappa shape index (κ3) is 4.00. The van der Waals surface area contributed by atoms with Crippen LogP contribution in [0.25, 0.3) is 0 Å². The summed E-state index contributed by atoms with van der Waals surface area (Å²) in [5.41, 5.74) is 2.82. The second kappa shape index (κ2) is 7.63. The van der Waals surface area contributed by atoms with Gasteiger partial charge in [-0.05, 0) is 17.7 Å². The van der Waals surface area contributed by atoms with Crippen molar-refractivity contribution in [3.63, 3.8) is 0 Å². The maximum absolute atomic E-state index is 3.48. The van der Waals surface area contributed by atoms with E-state index in [1.807, 2.05) is 12.4 Å². The topological polar surface area (TPSA) is 42.6 Å². The van der Waals surface area contributed by atoms with Crippen LogP contribution in [0.3, 0.4) is 0 Å². The number of nitrogens with zero attached hydrogens (tertiary/aromatic N) is 2. The molecule has 22 heavy (non-hydrogen) atoms. The Morgan fingerprint density at radius 1 is 1.00 bits per heavy atom. The van der Waals surface area contributed by atoms with Gasteiger partial charge in [-0.3, -0.25) is 10.2 Å². The number of rotatable bonds is 6. The van der Waals surface area contributed by atoms with Crippen LogP contribution in [0.5, 0.6) is 0 Å². The van der Waals surface area contributed by atoms with E-state index in [1.165, 1.54) is 43.9 Å². The van der Waals surface area contributed by atoms with E-state index in [2.05, 4.69) is 56.9 Å². The van der Waals surface area contributed by atoms with Crippen LogP contribution in [0.1, 0.15) is 18.1 Å². The number of hydrogen-bond donors (Lipinski definition) is 3. The summed E-state index contributed by atoms with van der Waals surface area (Å²) < 4.78 is 0. The molecular weight excluding hydrogens is 274 g/mol. The Bertz CT molecular complexity index is 486. The van der Waals surface area contributed by atoms with Crippen molar-refractivity contribution in [1.29, 1.82) is 0 Å². The van der Waals surface area contributed by atoms with Gasteiger partial charge >= 0.3 is 0 Å². The minimum atomic E-state index is 0.140. The van der Waals surface area contributed by atoms with Crippen LogP contribution in [0.2, 0.25) is 0 Å². The van der Waals surface area contributed by atoms with Crippen LogP contribution in [-0.2, 0) is 13.1 Å². The lowest BCUT2D eigenvalue weighted by molar-refractivity contribution is 0.131. The monoisotopic (exact) mass is 301 g/mol. The van der Waals surface area contributed by atoms with Crippen molar-refractivity contribution in [2.45, 2.75) is 26.3 Å². The summed E-state index contributed by atoms with van der Waals surface area (Å²) in [5, 5.41) is 9.92. The molecule has 5 nitrogen and oxygen atoms in total. The Morgan fingerprint density at radius 2 is 1.64 bits per heavy atom. The highest BCUT2D eigenvalue weighted by Gasteiger charge is 2.16. The Hall–Kier alpha value is -1.56. The predicted octanol–water partition coefficient (Wildman–Crippen LogP) is 0.861. The molecule has 0 amide bonds. The molecule has 2 heterocycles. The summed E-state index contributed by atoms with van der Waals surface area (Å²) in [7, 11) is 0. The van der Waals surface area contributed by atoms with Crippen molar-refractivity contribution >= 4 is 0 Å². The second-order valence-electron chi connectivity index (χ2n) is 5.96. The van der Waals surface area contributed by atoms with E-state index in [0.717, 1.165) is 13.1 Å². The predicted molar refractivity (Wildman–Crippen MR) is 89.9 cm³/mol. The maximum Gasteiger partial charge on any atom is 0.152 e. The van der Waals surface area contributed by atoms with Crippen molar-refractivity contribution in [3.05, 3.63) is 47.8 Å². The average molecular weight is 301 g/mol. The summed E-state index contributed by atoms with van der Waals surface area (Å²) in [4.78, 5) is 5.09. The van der Waals surface area contributed by atoms with E-state index in [1.54, 1.807) is 0 Å². The first-order chi connectivity index (χ1) is 10.8. The molecule has 0 radical (unpaired) electrons. The molecule has 2 aliphatic heterocycles. The van der Waals surface area contributed by atoms with Gasteiger partial charge in [-0.25, -0.2) is 0 Å². The molecule has 0 aromatic heterocycles. The van der Waals surface area contributed by atoms with Gasteiger partial charge in [0.05, 0.1) is 0 Å². The molecule has 1 fully saturated rings. The molecule has 120 valence electrons. The quantitative estimate of drug-likeness (QED) is 0.727. The summed E-state index contributed by atoms with van der Waals surface area (Å²) in [6.07, 6.45) is 3.99. The molecule has 5 heteroatoms. The molecule has 0 aliphatic carbocycles. The number of likely N-dealkylation sites (N-methyl/N-ethyl adjacent to an activating group) is 1. The van der Waals surface area contributed by atoms with E-state index in [0.29, 0.717) is 0 Å². The SMILES string of the molecule is CCN1CCN(Cc2ccccc2CNC2NC=CN2)CC1. The fourth-order valence-electron chi connectivity index (χ4n) is 3.06. The zero-order chi connectivity index (χ0) is 15.2. The second-order valence-corrected chi connectivity index (χ2v) is 5.96. The van der Waals surface area contributed by atoms with Gasteiger partial charge in [0, 0.05) is 51.7 Å². The number of hydrogen-bond acceptors (Lipinski definition) is 5. The molecule has 3 N–H and O–H groups in total. The summed E-state index contributed by atoms with van der Waals surface area (Å²) in [6, 6.07) is 8.77. The van der Waals surface area contributed by atoms with Crippen LogP contribution in [-0.4, -0.2) is 48.8 Å². The van der Waals surface area contributed by atoms with Crippen LogP contribution in [0.15, 0.2) is 36.7 Å². The molecule has 0 saturated carbocycles. The number of piperazine rings is 1. The van der Waals surface area contributed by atoms with Gasteiger partial charge in [0.25, 0.3) is 0 Å². The fraction of sp³-hybridized carbons (Fsp3) is 0.529. The Labute approximate surface area is 133 Å². The van der Waals surface area contributed by atoms with Crippen LogP contribution >= 0.6 is 0 Å². The fourth-order valence-corrected chi connectivity index (χ4v) is 3.06. The molecule has 0 bridgehead atoms. The highest BCUT2D eigenvalue weighted by molar-refractivity contribution is 5.27. The van der Waals surface area contributed by atoms with E-state index in [9.17, 15) is 0 Å². The molecule has 2 aliphatic rings. The molecule has 1 aromatic rings. The highest BCUT2D eigenvalue weighted by Crippen LogP contribution is 2.13. The van der Waals surface area contributed by atoms with Gasteiger partial charge in [-0.2, -0.15) is 0 Å². The summed E-state index contributed by atoms with van der Waals surface area (Å²) in [5.74, 6) is 0. The van der Waals surface area contributed by atoms with E-state index >= 15 is 0 Å². The Morgan fingerprint density at radius 3 is 2.32 bits per heavy atom. The molecule has 3 rings (SSSR count). The highest BCUT2D eigenvalue weighted by atomic mass is 15.3. The Balaban J connectivity index is 1.54. The number of benzene rings is 1. The van der Waals surface area contributed by atoms with Gasteiger partial charge in [0.15, 0.2) is 6.29 Å². The third-order valence-corrected chi connectivity index (χ3v) is 4.53. The van der Waals surface area contributed by atoms with Crippen molar-refractivity contribution in [2.75, 3.05) is 32.7 Å². The zero-order valence-corrected chi connectivity index (χ0v) is 13.4. The molecular formula is C17H27N5. The molecule has 1 aromatic carbocycles. The first-order valence-corrected chi connectivity index (χ1v) is 8.27. The standard InChI is InChI=1S/C17H27N5/c1-2-21-9-11-22(12-10-21)14-16-6-4-3-5-15(16)13-20-17-18-7-8-19-17/h3-8,17-20H,2,9-14H2,1H3. The lowest BCUT2D eigenvalue weighted by atomic mass is 10.1. The molecule has 0 atom stereocenters. The van der Waals surface area contributed by atoms with Crippen molar-refractivity contribution in [1.82, 2.24) is 25.8 Å². The molecule has 0 spiro atoms. The first-order valence-electron chi connectivity index (χ1n) is 8.27. The lowest BCUT2D eigenvalue weighted by Crippen LogP contribution is -2.46. The van der Waals surface area contributed by atoms with Gasteiger partial charge in [0.1, 0.15) is 0 Å². The van der Waals surface area contributed by atoms with Gasteiger partial charge in [-0.15, -0.1) is 0 Å². The average Bonchev–Trinajstić information content (AvgIpc) is 3.08. The number of nitrogens with one attached hydrogen (secondary N) is 3. The normalized spacial score (nSPS) is 20.0. The summed E-state index contributed by atoms with van der Waals surface area (Å²) >= 11 is 0. The lowest BCUT2D eigenvalue weighted by Gasteiger charge is -2.34. The van der Waals surface area contributed by atoms with Crippen LogP contribution in [0.4, 0.5) is 0 Å². The smallest absolute Gasteiger partial charge is 0.152 e. The maximum atomic E-state index is 3.48. The van der Waals surface area contributed by atoms with Crippen LogP contribution in [0, 0.1) is 0 Å². The van der Waals surface area contributed by atoms with Crippen LogP contribution < -0.4 is 16.0 Å². The minimum Gasteiger partial charge on any atom is -0.358 e. The first kappa shape index (κ1) is 15.3. The minimum absolute atomic E-state index is 0.140. The van der Waals surface area contributed by atoms with E-state index in [4.69, 9.17) is 0 Å². The van der Waals surface area contributed by atoms with Crippen molar-refractivity contribution < 1.29 is 0 Å². The van der Waals surface area contributed by atoms with E-state index < -0.39 is 0 Å². The molecule has 1 saturated heterocycles. The van der Waals surface area contributed by atoms with Gasteiger partial charge < -0.3 is 15.5 Å². The summed E-state index contributed by atoms with van der Waals surface area (Å²) in [6.45, 7) is 10.1.